The highest BCUT2D eigenvalue weighted by Crippen LogP contribution is 2.49. The van der Waals surface area contributed by atoms with E-state index in [0.717, 1.165) is 12.1 Å². The Morgan fingerprint density at radius 2 is 1.12 bits per heavy atom. The van der Waals surface area contributed by atoms with Crippen LogP contribution >= 0.6 is 0 Å². The number of hydrogen-bond acceptors (Lipinski definition) is 1. The summed E-state index contributed by atoms with van der Waals surface area (Å²) >= 11 is 0. The number of nitrogens with zero attached hydrogens (tertiary/aromatic N) is 1. The average Bonchev–Trinajstić information content (AvgIpc) is 3.55. The van der Waals surface area contributed by atoms with Gasteiger partial charge in [0.1, 0.15) is 0 Å². The predicted octanol–water partition coefficient (Wildman–Crippen LogP) is 15.7. The van der Waals surface area contributed by atoms with Crippen molar-refractivity contribution in [3.8, 4) is 39.1 Å². The van der Waals surface area contributed by atoms with Crippen LogP contribution in [0.4, 0.5) is 11.4 Å². The average molecular weight is 753 g/mol. The van der Waals surface area contributed by atoms with E-state index in [0.29, 0.717) is 5.92 Å². The Kier molecular flexibility index (Phi) is 7.61. The molecule has 1 atom stereocenters. The molecule has 59 heavy (non-hydrogen) atoms. The van der Waals surface area contributed by atoms with Gasteiger partial charge in [-0.2, -0.15) is 0 Å². The molecule has 0 amide bonds. The summed E-state index contributed by atoms with van der Waals surface area (Å²) in [5, 5.41) is 11.5. The van der Waals surface area contributed by atoms with E-state index < -0.39 is 0 Å². The largest absolute Gasteiger partial charge is 0.354 e. The number of anilines is 2. The van der Waals surface area contributed by atoms with E-state index >= 15 is 0 Å². The lowest BCUT2D eigenvalue weighted by Crippen LogP contribution is -2.04. The highest BCUT2D eigenvalue weighted by Gasteiger charge is 2.25. The molecular weight excluding hydrogens is 713 g/mol. The maximum absolute atomic E-state index is 4.00. The Labute approximate surface area is 344 Å². The standard InChI is InChI=1S/C57H40N2/c1-36-28-42(30-43(29-36)46-23-13-24-50-47-20-9-10-21-48(47)52-32-38-16-5-6-17-39(38)34-54(52)58-57(46)50)40-26-27-56-53(33-40)49-22-11-12-25-55(49)59(56)44-31-41-18-7-8-19-45(41)51(35-44)37-14-3-2-4-15-37/h2-28,30-36,58H,29H2,1H3. The highest BCUT2D eigenvalue weighted by atomic mass is 15.0. The van der Waals surface area contributed by atoms with Crippen LogP contribution in [0.2, 0.25) is 0 Å². The normalized spacial score (nSPS) is 14.6. The second-order valence-electron chi connectivity index (χ2n) is 16.3. The summed E-state index contributed by atoms with van der Waals surface area (Å²) in [7, 11) is 0. The second kappa shape index (κ2) is 13.3. The van der Waals surface area contributed by atoms with Crippen molar-refractivity contribution in [1.29, 1.82) is 0 Å². The van der Waals surface area contributed by atoms with Crippen LogP contribution in [0.25, 0.3) is 93.6 Å². The van der Waals surface area contributed by atoms with Crippen molar-refractivity contribution in [2.24, 2.45) is 5.92 Å². The molecule has 0 spiro atoms. The van der Waals surface area contributed by atoms with E-state index in [1.54, 1.807) is 0 Å². The van der Waals surface area contributed by atoms with Gasteiger partial charge in [0.25, 0.3) is 0 Å². The van der Waals surface area contributed by atoms with Gasteiger partial charge in [-0.3, -0.25) is 0 Å². The van der Waals surface area contributed by atoms with E-state index in [9.17, 15) is 0 Å². The van der Waals surface area contributed by atoms with E-state index in [4.69, 9.17) is 0 Å². The molecule has 12 rings (SSSR count). The van der Waals surface area contributed by atoms with Crippen LogP contribution < -0.4 is 5.32 Å². The molecule has 0 saturated heterocycles. The molecule has 10 aromatic rings. The van der Waals surface area contributed by atoms with E-state index in [1.165, 1.54) is 110 Å². The summed E-state index contributed by atoms with van der Waals surface area (Å²) in [6.45, 7) is 2.35. The van der Waals surface area contributed by atoms with Gasteiger partial charge in [0.05, 0.1) is 16.7 Å². The van der Waals surface area contributed by atoms with Gasteiger partial charge in [0.2, 0.25) is 0 Å². The molecule has 0 fully saturated rings. The lowest BCUT2D eigenvalue weighted by Gasteiger charge is -2.23. The van der Waals surface area contributed by atoms with Crippen LogP contribution in [0.5, 0.6) is 0 Å². The van der Waals surface area contributed by atoms with Crippen molar-refractivity contribution in [2.75, 3.05) is 5.32 Å². The quantitative estimate of drug-likeness (QED) is 0.189. The third-order valence-electron chi connectivity index (χ3n) is 12.6. The zero-order valence-corrected chi connectivity index (χ0v) is 32.8. The van der Waals surface area contributed by atoms with Crippen molar-refractivity contribution in [3.05, 3.63) is 211 Å². The van der Waals surface area contributed by atoms with Gasteiger partial charge in [0, 0.05) is 38.8 Å². The predicted molar refractivity (Wildman–Crippen MR) is 252 cm³/mol. The molecule has 278 valence electrons. The molecular formula is C57H40N2. The topological polar surface area (TPSA) is 17.0 Å². The number of nitrogens with one attached hydrogen (secondary N) is 1. The van der Waals surface area contributed by atoms with E-state index in [1.807, 2.05) is 0 Å². The molecule has 0 radical (unpaired) electrons. The van der Waals surface area contributed by atoms with Gasteiger partial charge in [-0.05, 0) is 115 Å². The van der Waals surface area contributed by atoms with Crippen LogP contribution in [-0.2, 0) is 0 Å². The lowest BCUT2D eigenvalue weighted by molar-refractivity contribution is 0.752. The maximum Gasteiger partial charge on any atom is 0.0541 e. The van der Waals surface area contributed by atoms with Gasteiger partial charge >= 0.3 is 0 Å². The van der Waals surface area contributed by atoms with E-state index in [-0.39, 0.29) is 0 Å². The monoisotopic (exact) mass is 752 g/mol. The Balaban J connectivity index is 0.998. The first-order valence-electron chi connectivity index (χ1n) is 20.7. The number of allylic oxidation sites excluding steroid dienone is 4. The van der Waals surface area contributed by atoms with Crippen molar-refractivity contribution in [3.63, 3.8) is 0 Å². The van der Waals surface area contributed by atoms with Crippen molar-refractivity contribution < 1.29 is 0 Å². The Hall–Kier alpha value is -7.42. The summed E-state index contributed by atoms with van der Waals surface area (Å²) in [6.07, 6.45) is 5.89. The second-order valence-corrected chi connectivity index (χ2v) is 16.3. The van der Waals surface area contributed by atoms with Crippen LogP contribution in [0.15, 0.2) is 200 Å². The Bertz CT molecular complexity index is 3400. The minimum Gasteiger partial charge on any atom is -0.354 e. The maximum atomic E-state index is 4.00. The molecule has 1 aliphatic carbocycles. The molecule has 0 bridgehead atoms. The van der Waals surface area contributed by atoms with Crippen LogP contribution in [0.3, 0.4) is 0 Å². The van der Waals surface area contributed by atoms with Gasteiger partial charge in [-0.1, -0.05) is 165 Å². The zero-order valence-electron chi connectivity index (χ0n) is 32.8. The van der Waals surface area contributed by atoms with Crippen LogP contribution in [-0.4, -0.2) is 4.57 Å². The van der Waals surface area contributed by atoms with E-state index in [2.05, 4.69) is 217 Å². The minimum absolute atomic E-state index is 0.376. The van der Waals surface area contributed by atoms with Crippen molar-refractivity contribution >= 4 is 65.9 Å². The third-order valence-corrected chi connectivity index (χ3v) is 12.6. The molecule has 2 nitrogen and oxygen atoms in total. The summed E-state index contributed by atoms with van der Waals surface area (Å²) in [5.41, 5.74) is 18.5. The number of rotatable bonds is 4. The molecule has 2 heteroatoms. The number of para-hydroxylation sites is 2. The third kappa shape index (κ3) is 5.48. The zero-order chi connectivity index (χ0) is 39.0. The first kappa shape index (κ1) is 33.7. The van der Waals surface area contributed by atoms with Gasteiger partial charge < -0.3 is 9.88 Å². The molecule has 1 aliphatic heterocycles. The van der Waals surface area contributed by atoms with Gasteiger partial charge in [-0.15, -0.1) is 0 Å². The number of benzene rings is 9. The molecule has 9 aromatic carbocycles. The number of hydrogen-bond donors (Lipinski definition) is 1. The van der Waals surface area contributed by atoms with Crippen molar-refractivity contribution in [1.82, 2.24) is 4.57 Å². The van der Waals surface area contributed by atoms with Gasteiger partial charge in [0.15, 0.2) is 0 Å². The molecule has 1 unspecified atom stereocenters. The Morgan fingerprint density at radius 3 is 1.97 bits per heavy atom. The fraction of sp³-hybridized carbons (Fsp3) is 0.0526. The summed E-state index contributed by atoms with van der Waals surface area (Å²) < 4.78 is 2.45. The summed E-state index contributed by atoms with van der Waals surface area (Å²) in [4.78, 5) is 0. The van der Waals surface area contributed by atoms with Gasteiger partial charge in [-0.25, -0.2) is 0 Å². The fourth-order valence-corrected chi connectivity index (χ4v) is 9.92. The molecule has 0 saturated carbocycles. The number of fused-ring (bicyclic) bond motifs is 10. The smallest absolute Gasteiger partial charge is 0.0541 e. The SMILES string of the molecule is CC1C=C(c2ccc3c(c2)c2ccccc2n3-c2cc(-c3ccccc3)c3ccccc3c2)C=C(c2cccc3c2Nc2cc4ccccc4cc2-c2ccccc2-3)C1. The highest BCUT2D eigenvalue weighted by molar-refractivity contribution is 6.12. The van der Waals surface area contributed by atoms with Crippen molar-refractivity contribution in [2.45, 2.75) is 13.3 Å². The first-order chi connectivity index (χ1) is 29.1. The summed E-state index contributed by atoms with van der Waals surface area (Å²) in [5.74, 6) is 0.376. The molecule has 2 heterocycles. The number of aromatic nitrogens is 1. The lowest BCUT2D eigenvalue weighted by atomic mass is 9.83. The molecule has 2 aliphatic rings. The Morgan fingerprint density at radius 1 is 0.458 bits per heavy atom. The summed E-state index contributed by atoms with van der Waals surface area (Å²) in [6, 6.07) is 69.2. The molecule has 1 N–H and O–H groups in total. The molecule has 1 aromatic heterocycles. The van der Waals surface area contributed by atoms with Crippen LogP contribution in [0.1, 0.15) is 24.5 Å². The fourth-order valence-electron chi connectivity index (χ4n) is 9.92. The minimum atomic E-state index is 0.376. The van der Waals surface area contributed by atoms with Crippen LogP contribution in [0, 0.1) is 5.92 Å². The first-order valence-corrected chi connectivity index (χ1v) is 20.7.